The highest BCUT2D eigenvalue weighted by atomic mass is 35.5. The summed E-state index contributed by atoms with van der Waals surface area (Å²) >= 11 is 5.81. The third kappa shape index (κ3) is 2.89. The van der Waals surface area contributed by atoms with E-state index < -0.39 is 0 Å². The summed E-state index contributed by atoms with van der Waals surface area (Å²) in [7, 11) is 2.95. The summed E-state index contributed by atoms with van der Waals surface area (Å²) in [5, 5.41) is 0. The Morgan fingerprint density at radius 2 is 2.00 bits per heavy atom. The molecule has 0 unspecified atom stereocenters. The summed E-state index contributed by atoms with van der Waals surface area (Å²) in [5.74, 6) is 0.823. The van der Waals surface area contributed by atoms with Crippen molar-refractivity contribution in [2.45, 2.75) is 19.2 Å². The molecule has 0 aliphatic heterocycles. The van der Waals surface area contributed by atoms with Crippen LogP contribution in [-0.4, -0.2) is 20.2 Å². The molecule has 0 bridgehead atoms. The van der Waals surface area contributed by atoms with Crippen LogP contribution in [0.4, 0.5) is 0 Å². The van der Waals surface area contributed by atoms with Gasteiger partial charge in [-0.3, -0.25) is 4.79 Å². The molecule has 0 aliphatic rings. The van der Waals surface area contributed by atoms with E-state index in [0.717, 1.165) is 16.7 Å². The molecule has 0 aromatic heterocycles. The van der Waals surface area contributed by atoms with Gasteiger partial charge in [-0.05, 0) is 24.1 Å². The van der Waals surface area contributed by atoms with Gasteiger partial charge in [-0.25, -0.2) is 0 Å². The highest BCUT2D eigenvalue weighted by Crippen LogP contribution is 2.25. The first kappa shape index (κ1) is 12.8. The summed E-state index contributed by atoms with van der Waals surface area (Å²) in [4.78, 5) is 11.2. The number of aryl methyl sites for hydroxylation is 1. The molecule has 1 aromatic rings. The Bertz CT molecular complexity index is 388. The maximum atomic E-state index is 11.2. The summed E-state index contributed by atoms with van der Waals surface area (Å²) < 4.78 is 9.85. The predicted molar refractivity (Wildman–Crippen MR) is 63.0 cm³/mol. The SMILES string of the molecule is COC(=O)Cc1cc(CCl)c(C)cc1OC. The van der Waals surface area contributed by atoms with Gasteiger partial charge in [0.05, 0.1) is 20.6 Å². The van der Waals surface area contributed by atoms with Gasteiger partial charge >= 0.3 is 5.97 Å². The Morgan fingerprint density at radius 3 is 2.50 bits per heavy atom. The molecule has 0 radical (unpaired) electrons. The fraction of sp³-hybridized carbons (Fsp3) is 0.417. The van der Waals surface area contributed by atoms with Crippen LogP contribution in [0, 0.1) is 6.92 Å². The van der Waals surface area contributed by atoms with Crippen molar-refractivity contribution in [2.75, 3.05) is 14.2 Å². The van der Waals surface area contributed by atoms with Crippen LogP contribution in [-0.2, 0) is 21.8 Å². The van der Waals surface area contributed by atoms with Gasteiger partial charge in [0.2, 0.25) is 0 Å². The number of alkyl halides is 1. The summed E-state index contributed by atoms with van der Waals surface area (Å²) in [6, 6.07) is 3.77. The lowest BCUT2D eigenvalue weighted by Crippen LogP contribution is -2.07. The molecule has 0 amide bonds. The van der Waals surface area contributed by atoms with Crippen molar-refractivity contribution < 1.29 is 14.3 Å². The Hall–Kier alpha value is -1.22. The van der Waals surface area contributed by atoms with Crippen LogP contribution in [0.5, 0.6) is 5.75 Å². The second-order valence-corrected chi connectivity index (χ2v) is 3.74. The zero-order valence-electron chi connectivity index (χ0n) is 9.67. The zero-order chi connectivity index (χ0) is 12.1. The Balaban J connectivity index is 3.09. The topological polar surface area (TPSA) is 35.5 Å². The standard InChI is InChI=1S/C12H15ClO3/c1-8-4-11(15-2)9(5-10(8)7-13)6-12(14)16-3/h4-5H,6-7H2,1-3H3. The summed E-state index contributed by atoms with van der Waals surface area (Å²) in [6.07, 6.45) is 0.198. The van der Waals surface area contributed by atoms with Gasteiger partial charge in [0.25, 0.3) is 0 Å². The Labute approximate surface area is 100 Å². The van der Waals surface area contributed by atoms with Crippen molar-refractivity contribution in [3.63, 3.8) is 0 Å². The number of carbonyl (C=O) groups is 1. The second-order valence-electron chi connectivity index (χ2n) is 3.48. The number of hydrogen-bond donors (Lipinski definition) is 0. The fourth-order valence-electron chi connectivity index (χ4n) is 1.48. The number of esters is 1. The maximum Gasteiger partial charge on any atom is 0.310 e. The molecule has 1 aromatic carbocycles. The number of halogens is 1. The minimum atomic E-state index is -0.289. The van der Waals surface area contributed by atoms with Crippen LogP contribution in [0.1, 0.15) is 16.7 Å². The van der Waals surface area contributed by atoms with Crippen molar-refractivity contribution in [1.29, 1.82) is 0 Å². The van der Waals surface area contributed by atoms with E-state index in [1.165, 1.54) is 7.11 Å². The molecule has 1 rings (SSSR count). The average Bonchev–Trinajstić information content (AvgIpc) is 2.30. The molecule has 0 atom stereocenters. The molecule has 0 N–H and O–H groups in total. The van der Waals surface area contributed by atoms with Crippen LogP contribution in [0.25, 0.3) is 0 Å². The van der Waals surface area contributed by atoms with Crippen molar-refractivity contribution in [3.8, 4) is 5.75 Å². The normalized spacial score (nSPS) is 10.0. The zero-order valence-corrected chi connectivity index (χ0v) is 10.4. The number of methoxy groups -OCH3 is 2. The lowest BCUT2D eigenvalue weighted by Gasteiger charge is -2.11. The lowest BCUT2D eigenvalue weighted by atomic mass is 10.0. The third-order valence-corrected chi connectivity index (χ3v) is 2.73. The van der Waals surface area contributed by atoms with Gasteiger partial charge in [-0.1, -0.05) is 6.07 Å². The fourth-order valence-corrected chi connectivity index (χ4v) is 1.77. The Kier molecular flexibility index (Phi) is 4.62. The van der Waals surface area contributed by atoms with E-state index in [9.17, 15) is 4.79 Å². The van der Waals surface area contributed by atoms with E-state index in [0.29, 0.717) is 11.6 Å². The molecule has 0 heterocycles. The van der Waals surface area contributed by atoms with E-state index in [1.54, 1.807) is 7.11 Å². The largest absolute Gasteiger partial charge is 0.496 e. The lowest BCUT2D eigenvalue weighted by molar-refractivity contribution is -0.139. The molecule has 0 saturated heterocycles. The molecule has 88 valence electrons. The summed E-state index contributed by atoms with van der Waals surface area (Å²) in [6.45, 7) is 1.96. The second kappa shape index (κ2) is 5.75. The molecule has 4 heteroatoms. The summed E-state index contributed by atoms with van der Waals surface area (Å²) in [5.41, 5.74) is 2.86. The van der Waals surface area contributed by atoms with Crippen molar-refractivity contribution in [2.24, 2.45) is 0 Å². The van der Waals surface area contributed by atoms with Gasteiger partial charge in [0, 0.05) is 11.4 Å². The number of hydrogen-bond acceptors (Lipinski definition) is 3. The minimum Gasteiger partial charge on any atom is -0.496 e. The van der Waals surface area contributed by atoms with Crippen LogP contribution >= 0.6 is 11.6 Å². The predicted octanol–water partition coefficient (Wildman–Crippen LogP) is 2.46. The van der Waals surface area contributed by atoms with Gasteiger partial charge in [-0.15, -0.1) is 11.6 Å². The highest BCUT2D eigenvalue weighted by Gasteiger charge is 2.11. The molecule has 16 heavy (non-hydrogen) atoms. The van der Waals surface area contributed by atoms with E-state index in [-0.39, 0.29) is 12.4 Å². The number of carbonyl (C=O) groups excluding carboxylic acids is 1. The van der Waals surface area contributed by atoms with Crippen molar-refractivity contribution in [3.05, 3.63) is 28.8 Å². The highest BCUT2D eigenvalue weighted by molar-refractivity contribution is 6.17. The average molecular weight is 243 g/mol. The van der Waals surface area contributed by atoms with E-state index in [2.05, 4.69) is 4.74 Å². The molecule has 3 nitrogen and oxygen atoms in total. The first-order chi connectivity index (χ1) is 7.62. The molecule has 0 aliphatic carbocycles. The van der Waals surface area contributed by atoms with Crippen molar-refractivity contribution in [1.82, 2.24) is 0 Å². The first-order valence-electron chi connectivity index (χ1n) is 4.91. The molecule has 0 saturated carbocycles. The van der Waals surface area contributed by atoms with Crippen molar-refractivity contribution >= 4 is 17.6 Å². The van der Waals surface area contributed by atoms with E-state index >= 15 is 0 Å². The molecular formula is C12H15ClO3. The Morgan fingerprint density at radius 1 is 1.31 bits per heavy atom. The van der Waals surface area contributed by atoms with E-state index in [1.807, 2.05) is 19.1 Å². The van der Waals surface area contributed by atoms with E-state index in [4.69, 9.17) is 16.3 Å². The minimum absolute atomic E-state index is 0.198. The number of benzene rings is 1. The van der Waals surface area contributed by atoms with Gasteiger partial charge in [0.1, 0.15) is 5.75 Å². The number of ether oxygens (including phenoxy) is 2. The first-order valence-corrected chi connectivity index (χ1v) is 5.45. The van der Waals surface area contributed by atoms with Crippen LogP contribution < -0.4 is 4.74 Å². The number of rotatable bonds is 4. The smallest absolute Gasteiger partial charge is 0.310 e. The van der Waals surface area contributed by atoms with Gasteiger partial charge in [0.15, 0.2) is 0 Å². The van der Waals surface area contributed by atoms with Crippen LogP contribution in [0.2, 0.25) is 0 Å². The molecular weight excluding hydrogens is 228 g/mol. The van der Waals surface area contributed by atoms with Gasteiger partial charge in [-0.2, -0.15) is 0 Å². The molecule has 0 spiro atoms. The maximum absolute atomic E-state index is 11.2. The third-order valence-electron chi connectivity index (χ3n) is 2.45. The quantitative estimate of drug-likeness (QED) is 0.601. The van der Waals surface area contributed by atoms with Gasteiger partial charge < -0.3 is 9.47 Å². The monoisotopic (exact) mass is 242 g/mol. The molecule has 0 fully saturated rings. The van der Waals surface area contributed by atoms with Crippen LogP contribution in [0.3, 0.4) is 0 Å². The van der Waals surface area contributed by atoms with Crippen LogP contribution in [0.15, 0.2) is 12.1 Å².